The fraction of sp³-hybridized carbons (Fsp3) is 0. The fourth-order valence-electron chi connectivity index (χ4n) is 3.53. The summed E-state index contributed by atoms with van der Waals surface area (Å²) in [6, 6.07) is 22.5. The van der Waals surface area contributed by atoms with Gasteiger partial charge >= 0.3 is 0 Å². The summed E-state index contributed by atoms with van der Waals surface area (Å²) >= 11 is 0. The van der Waals surface area contributed by atoms with Crippen LogP contribution in [0.3, 0.4) is 0 Å². The molecule has 0 radical (unpaired) electrons. The zero-order chi connectivity index (χ0) is 23.3. The number of amides is 1. The van der Waals surface area contributed by atoms with E-state index in [4.69, 9.17) is 0 Å². The third-order valence-electron chi connectivity index (χ3n) is 5.10. The highest BCUT2D eigenvalue weighted by molar-refractivity contribution is 6.05. The summed E-state index contributed by atoms with van der Waals surface area (Å²) in [6.45, 7) is 0. The summed E-state index contributed by atoms with van der Waals surface area (Å²) in [6.07, 6.45) is 4.87. The Morgan fingerprint density at radius 3 is 2.41 bits per heavy atom. The van der Waals surface area contributed by atoms with Crippen molar-refractivity contribution in [3.63, 3.8) is 0 Å². The standard InChI is InChI=1S/C26H19FN6O/c27-18-7-8-24-23(14-18)25(10-11-28-24)32-19-4-1-3-17(13-19)26(34)33-21-6-2-5-20(15-21)31-22-9-12-29-30-16-22/h1-16H,(H,28,32)(H,29,31)(H,33,34). The Morgan fingerprint density at radius 2 is 1.56 bits per heavy atom. The average molecular weight is 450 g/mol. The quantitative estimate of drug-likeness (QED) is 0.298. The first-order valence-corrected chi connectivity index (χ1v) is 10.5. The molecule has 0 aliphatic carbocycles. The Labute approximate surface area is 194 Å². The zero-order valence-corrected chi connectivity index (χ0v) is 17.9. The van der Waals surface area contributed by atoms with E-state index in [2.05, 4.69) is 31.1 Å². The molecule has 0 spiro atoms. The molecule has 0 fully saturated rings. The van der Waals surface area contributed by atoms with Gasteiger partial charge in [0, 0.05) is 39.9 Å². The van der Waals surface area contributed by atoms with Crippen LogP contribution in [0.25, 0.3) is 10.9 Å². The molecule has 0 saturated heterocycles. The fourth-order valence-corrected chi connectivity index (χ4v) is 3.53. The first-order valence-electron chi connectivity index (χ1n) is 10.5. The molecule has 0 aliphatic rings. The second-order valence-corrected chi connectivity index (χ2v) is 7.52. The van der Waals surface area contributed by atoms with E-state index < -0.39 is 0 Å². The van der Waals surface area contributed by atoms with Gasteiger partial charge in [0.05, 0.1) is 23.6 Å². The molecule has 0 atom stereocenters. The van der Waals surface area contributed by atoms with E-state index in [0.29, 0.717) is 33.5 Å². The highest BCUT2D eigenvalue weighted by Crippen LogP contribution is 2.26. The number of aromatic nitrogens is 3. The minimum atomic E-state index is -0.339. The summed E-state index contributed by atoms with van der Waals surface area (Å²) in [7, 11) is 0. The summed E-state index contributed by atoms with van der Waals surface area (Å²) in [5.74, 6) is -0.592. The van der Waals surface area contributed by atoms with E-state index >= 15 is 0 Å². The van der Waals surface area contributed by atoms with Crippen LogP contribution in [0.5, 0.6) is 0 Å². The second-order valence-electron chi connectivity index (χ2n) is 7.52. The summed E-state index contributed by atoms with van der Waals surface area (Å²) in [5.41, 5.74) is 4.80. The molecule has 34 heavy (non-hydrogen) atoms. The summed E-state index contributed by atoms with van der Waals surface area (Å²) < 4.78 is 13.8. The van der Waals surface area contributed by atoms with Gasteiger partial charge in [-0.25, -0.2) is 4.39 Å². The SMILES string of the molecule is O=C(Nc1cccc(Nc2ccnnc2)c1)c1cccc(Nc2ccnc3ccc(F)cc23)c1. The normalized spacial score (nSPS) is 10.6. The number of carbonyl (C=O) groups excluding carboxylic acids is 1. The minimum Gasteiger partial charge on any atom is -0.355 e. The number of rotatable bonds is 6. The van der Waals surface area contributed by atoms with Crippen LogP contribution >= 0.6 is 0 Å². The maximum atomic E-state index is 13.8. The highest BCUT2D eigenvalue weighted by Gasteiger charge is 2.09. The van der Waals surface area contributed by atoms with Gasteiger partial charge in [-0.1, -0.05) is 12.1 Å². The predicted octanol–water partition coefficient (Wildman–Crippen LogP) is 5.90. The number of benzene rings is 3. The maximum absolute atomic E-state index is 13.8. The van der Waals surface area contributed by atoms with E-state index in [1.54, 1.807) is 55.0 Å². The highest BCUT2D eigenvalue weighted by atomic mass is 19.1. The minimum absolute atomic E-state index is 0.253. The number of hydrogen-bond donors (Lipinski definition) is 3. The lowest BCUT2D eigenvalue weighted by atomic mass is 10.1. The number of halogens is 1. The molecule has 0 bridgehead atoms. The third-order valence-corrected chi connectivity index (χ3v) is 5.10. The van der Waals surface area contributed by atoms with Gasteiger partial charge in [-0.05, 0) is 66.7 Å². The van der Waals surface area contributed by atoms with Crippen molar-refractivity contribution in [2.24, 2.45) is 0 Å². The van der Waals surface area contributed by atoms with E-state index in [9.17, 15) is 9.18 Å². The topological polar surface area (TPSA) is 91.8 Å². The summed E-state index contributed by atoms with van der Waals surface area (Å²) in [5, 5.41) is 17.7. The van der Waals surface area contributed by atoms with Crippen LogP contribution in [0.2, 0.25) is 0 Å². The number of nitrogens with zero attached hydrogens (tertiary/aromatic N) is 3. The van der Waals surface area contributed by atoms with Crippen LogP contribution in [0, 0.1) is 5.82 Å². The molecule has 0 unspecified atom stereocenters. The molecule has 0 saturated carbocycles. The molecule has 5 aromatic rings. The van der Waals surface area contributed by atoms with Gasteiger partial charge in [0.1, 0.15) is 5.82 Å². The first-order chi connectivity index (χ1) is 16.6. The molecule has 0 aliphatic heterocycles. The van der Waals surface area contributed by atoms with Crippen molar-refractivity contribution in [2.45, 2.75) is 0 Å². The Morgan fingerprint density at radius 1 is 0.735 bits per heavy atom. The molecule has 3 N–H and O–H groups in total. The van der Waals surface area contributed by atoms with Crippen LogP contribution in [-0.4, -0.2) is 21.1 Å². The number of anilines is 5. The van der Waals surface area contributed by atoms with Crippen molar-refractivity contribution in [1.29, 1.82) is 0 Å². The number of fused-ring (bicyclic) bond motifs is 1. The van der Waals surface area contributed by atoms with Crippen molar-refractivity contribution >= 4 is 45.2 Å². The zero-order valence-electron chi connectivity index (χ0n) is 17.9. The van der Waals surface area contributed by atoms with Crippen LogP contribution in [0.15, 0.2) is 97.5 Å². The number of hydrogen-bond acceptors (Lipinski definition) is 6. The molecule has 2 aromatic heterocycles. The van der Waals surface area contributed by atoms with E-state index in [1.165, 1.54) is 12.1 Å². The van der Waals surface area contributed by atoms with Crippen molar-refractivity contribution in [3.05, 3.63) is 109 Å². The van der Waals surface area contributed by atoms with Gasteiger partial charge in [-0.3, -0.25) is 9.78 Å². The van der Waals surface area contributed by atoms with Gasteiger partial charge < -0.3 is 16.0 Å². The predicted molar refractivity (Wildman–Crippen MR) is 131 cm³/mol. The molecular formula is C26H19FN6O. The van der Waals surface area contributed by atoms with Gasteiger partial charge in [0.2, 0.25) is 0 Å². The number of nitrogens with one attached hydrogen (secondary N) is 3. The summed E-state index contributed by atoms with van der Waals surface area (Å²) in [4.78, 5) is 17.2. The lowest BCUT2D eigenvalue weighted by Crippen LogP contribution is -2.12. The largest absolute Gasteiger partial charge is 0.355 e. The molecule has 7 nitrogen and oxygen atoms in total. The van der Waals surface area contributed by atoms with Gasteiger partial charge in [0.25, 0.3) is 5.91 Å². The van der Waals surface area contributed by atoms with Gasteiger partial charge in [0.15, 0.2) is 0 Å². The Bertz CT molecular complexity index is 1480. The van der Waals surface area contributed by atoms with E-state index in [0.717, 1.165) is 11.4 Å². The lowest BCUT2D eigenvalue weighted by molar-refractivity contribution is 0.102. The number of carbonyl (C=O) groups is 1. The molecule has 5 rings (SSSR count). The third kappa shape index (κ3) is 4.81. The Balaban J connectivity index is 1.33. The van der Waals surface area contributed by atoms with Gasteiger partial charge in [-0.15, -0.1) is 0 Å². The van der Waals surface area contributed by atoms with Crippen LogP contribution < -0.4 is 16.0 Å². The Hall–Kier alpha value is -4.85. The van der Waals surface area contributed by atoms with Crippen LogP contribution in [-0.2, 0) is 0 Å². The second kappa shape index (κ2) is 9.33. The molecule has 166 valence electrons. The molecular weight excluding hydrogens is 431 g/mol. The average Bonchev–Trinajstić information content (AvgIpc) is 2.85. The monoisotopic (exact) mass is 450 g/mol. The van der Waals surface area contributed by atoms with Crippen molar-refractivity contribution in [1.82, 2.24) is 15.2 Å². The lowest BCUT2D eigenvalue weighted by Gasteiger charge is -2.12. The smallest absolute Gasteiger partial charge is 0.255 e. The van der Waals surface area contributed by atoms with Crippen molar-refractivity contribution in [3.8, 4) is 0 Å². The Kier molecular flexibility index (Phi) is 5.77. The molecule has 8 heteroatoms. The van der Waals surface area contributed by atoms with E-state index in [-0.39, 0.29) is 11.7 Å². The van der Waals surface area contributed by atoms with Crippen LogP contribution in [0.1, 0.15) is 10.4 Å². The van der Waals surface area contributed by atoms with Crippen molar-refractivity contribution < 1.29 is 9.18 Å². The number of pyridine rings is 1. The molecule has 1 amide bonds. The van der Waals surface area contributed by atoms with Crippen molar-refractivity contribution in [2.75, 3.05) is 16.0 Å². The maximum Gasteiger partial charge on any atom is 0.255 e. The van der Waals surface area contributed by atoms with Gasteiger partial charge in [-0.2, -0.15) is 10.2 Å². The molecule has 2 heterocycles. The van der Waals surface area contributed by atoms with E-state index in [1.807, 2.05) is 30.3 Å². The first kappa shape index (κ1) is 21.0. The van der Waals surface area contributed by atoms with Crippen LogP contribution in [0.4, 0.5) is 32.8 Å². The molecule has 3 aromatic carbocycles.